The van der Waals surface area contributed by atoms with Gasteiger partial charge in [0.25, 0.3) is 0 Å². The highest BCUT2D eigenvalue weighted by atomic mass is 127. The second kappa shape index (κ2) is 13.5. The van der Waals surface area contributed by atoms with E-state index in [-0.39, 0.29) is 31.4 Å². The Morgan fingerprint density at radius 1 is 1.00 bits per heavy atom. The van der Waals surface area contributed by atoms with Crippen LogP contribution in [-0.4, -0.2) is 62.2 Å². The molecule has 2 aromatic rings. The van der Waals surface area contributed by atoms with Gasteiger partial charge in [-0.3, -0.25) is 0 Å². The Hall–Kier alpha value is -0.880. The van der Waals surface area contributed by atoms with Crippen LogP contribution >= 0.6 is 7.29 Å². The van der Waals surface area contributed by atoms with E-state index in [0.717, 1.165) is 48.3 Å². The molecular weight excluding hydrogens is 506 g/mol. The number of ether oxygens (including phenoxy) is 1. The normalized spacial score (nSPS) is 13.1. The van der Waals surface area contributed by atoms with Gasteiger partial charge >= 0.3 is 0 Å². The largest absolute Gasteiger partial charge is 1.00 e. The van der Waals surface area contributed by atoms with Crippen LogP contribution in [0.4, 0.5) is 0 Å². The Morgan fingerprint density at radius 2 is 1.63 bits per heavy atom. The minimum absolute atomic E-state index is 0. The maximum atomic E-state index is 13.3. The van der Waals surface area contributed by atoms with Crippen molar-refractivity contribution >= 4 is 12.6 Å². The van der Waals surface area contributed by atoms with E-state index >= 15 is 0 Å². The Kier molecular flexibility index (Phi) is 13.1. The second-order valence-electron chi connectivity index (χ2n) is 7.68. The Morgan fingerprint density at radius 3 is 2.20 bits per heavy atom. The molecule has 0 aliphatic heterocycles. The number of nitrogens with zero attached hydrogens (tertiary/aromatic N) is 2. The van der Waals surface area contributed by atoms with Gasteiger partial charge in [-0.05, 0) is 45.5 Å². The lowest BCUT2D eigenvalue weighted by atomic mass is 10.2. The summed E-state index contributed by atoms with van der Waals surface area (Å²) in [4.78, 5) is 0. The number of hydrogen-bond acceptors (Lipinski definition) is 2. The second-order valence-corrected chi connectivity index (χ2v) is 10.6. The minimum Gasteiger partial charge on any atom is -1.00 e. The predicted molar refractivity (Wildman–Crippen MR) is 127 cm³/mol. The molecule has 0 heterocycles. The van der Waals surface area contributed by atoms with Crippen LogP contribution in [0.15, 0.2) is 54.6 Å². The monoisotopic (exact) mass is 546 g/mol. The van der Waals surface area contributed by atoms with Gasteiger partial charge in [-0.15, -0.1) is 0 Å². The quantitative estimate of drug-likeness (QED) is 0.246. The summed E-state index contributed by atoms with van der Waals surface area (Å²) in [6.45, 7) is 13.9. The van der Waals surface area contributed by atoms with E-state index in [2.05, 4.69) is 32.9 Å². The van der Waals surface area contributed by atoms with E-state index in [4.69, 9.17) is 4.74 Å². The predicted octanol–water partition coefficient (Wildman–Crippen LogP) is 2.04. The van der Waals surface area contributed by atoms with Gasteiger partial charge in [-0.1, -0.05) is 49.9 Å². The number of halogens is 1. The van der Waals surface area contributed by atoms with Crippen LogP contribution in [0.3, 0.4) is 0 Å². The molecule has 170 valence electrons. The number of quaternary nitrogens is 1. The SMILES string of the molecule is C.CC[N+](CC)(CCOc1cccc(C)c1)CCN(C)P(C)(=O)c1ccccc1.[I-]. The van der Waals surface area contributed by atoms with Crippen molar-refractivity contribution in [2.45, 2.75) is 28.2 Å². The molecule has 0 aliphatic rings. The standard InChI is InChI=1S/C23H36N2O2P.CH4.HI/c1-6-25(7-2,18-19-27-22-13-11-12-21(3)20-22)17-16-24(4)28(5,26)23-14-9-8-10-15-23;;/h8-15,20H,6-7,16-19H2,1-5H3;1H4;1H/q+1;;/p-1. The maximum absolute atomic E-state index is 13.3. The zero-order valence-corrected chi connectivity index (χ0v) is 21.5. The summed E-state index contributed by atoms with van der Waals surface area (Å²) in [5, 5.41) is 0.923. The van der Waals surface area contributed by atoms with Crippen LogP contribution in [0.2, 0.25) is 0 Å². The molecule has 0 saturated carbocycles. The number of likely N-dealkylation sites (N-methyl/N-ethyl adjacent to an activating group) is 2. The molecule has 0 spiro atoms. The molecular formula is C24H40IN2O2P. The van der Waals surface area contributed by atoms with Crippen molar-refractivity contribution in [2.24, 2.45) is 0 Å². The molecule has 2 rings (SSSR count). The van der Waals surface area contributed by atoms with Gasteiger partial charge in [-0.2, -0.15) is 0 Å². The molecule has 0 bridgehead atoms. The zero-order valence-electron chi connectivity index (χ0n) is 18.5. The topological polar surface area (TPSA) is 29.5 Å². The fraction of sp³-hybridized carbons (Fsp3) is 0.500. The Balaban J connectivity index is 0.00000420. The van der Waals surface area contributed by atoms with Crippen molar-refractivity contribution in [2.75, 3.05) is 53.0 Å². The number of aryl methyl sites for hydroxylation is 1. The molecule has 30 heavy (non-hydrogen) atoms. The van der Waals surface area contributed by atoms with Crippen molar-refractivity contribution < 1.29 is 37.8 Å². The molecule has 1 atom stereocenters. The van der Waals surface area contributed by atoms with Gasteiger partial charge in [0.05, 0.1) is 26.2 Å². The van der Waals surface area contributed by atoms with Crippen LogP contribution in [-0.2, 0) is 4.57 Å². The third kappa shape index (κ3) is 7.99. The Labute approximate surface area is 201 Å². The summed E-state index contributed by atoms with van der Waals surface area (Å²) in [6, 6.07) is 18.0. The Bertz CT molecular complexity index is 782. The molecule has 0 aliphatic carbocycles. The summed E-state index contributed by atoms with van der Waals surface area (Å²) in [5.74, 6) is 0.935. The summed E-state index contributed by atoms with van der Waals surface area (Å²) < 4.78 is 22.3. The van der Waals surface area contributed by atoms with E-state index in [1.165, 1.54) is 5.56 Å². The fourth-order valence-corrected chi connectivity index (χ4v) is 5.07. The van der Waals surface area contributed by atoms with Gasteiger partial charge in [-0.25, -0.2) is 4.67 Å². The molecule has 4 nitrogen and oxygen atoms in total. The highest BCUT2D eigenvalue weighted by Crippen LogP contribution is 2.42. The summed E-state index contributed by atoms with van der Waals surface area (Å²) in [5.41, 5.74) is 1.21. The van der Waals surface area contributed by atoms with Crippen LogP contribution in [0, 0.1) is 6.92 Å². The zero-order chi connectivity index (χ0) is 20.6. The maximum Gasteiger partial charge on any atom is 0.175 e. The lowest BCUT2D eigenvalue weighted by molar-refractivity contribution is -0.924. The number of hydrogen-bond donors (Lipinski definition) is 0. The lowest BCUT2D eigenvalue weighted by Gasteiger charge is -2.38. The first-order valence-corrected chi connectivity index (χ1v) is 12.3. The third-order valence-electron chi connectivity index (χ3n) is 5.95. The molecule has 0 amide bonds. The van der Waals surface area contributed by atoms with E-state index in [1.807, 2.05) is 60.8 Å². The molecule has 0 fully saturated rings. The average molecular weight is 546 g/mol. The van der Waals surface area contributed by atoms with Crippen molar-refractivity contribution in [3.63, 3.8) is 0 Å². The van der Waals surface area contributed by atoms with Gasteiger partial charge < -0.3 is 37.8 Å². The lowest BCUT2D eigenvalue weighted by Crippen LogP contribution is -3.00. The highest BCUT2D eigenvalue weighted by Gasteiger charge is 2.29. The van der Waals surface area contributed by atoms with E-state index < -0.39 is 7.29 Å². The van der Waals surface area contributed by atoms with Crippen LogP contribution < -0.4 is 34.0 Å². The average Bonchev–Trinajstić information content (AvgIpc) is 2.71. The summed E-state index contributed by atoms with van der Waals surface area (Å²) >= 11 is 0. The highest BCUT2D eigenvalue weighted by molar-refractivity contribution is 7.68. The summed E-state index contributed by atoms with van der Waals surface area (Å²) in [7, 11) is -0.547. The van der Waals surface area contributed by atoms with Gasteiger partial charge in [0.2, 0.25) is 0 Å². The summed E-state index contributed by atoms with van der Waals surface area (Å²) in [6.07, 6.45) is 0. The minimum atomic E-state index is -2.53. The third-order valence-corrected chi connectivity index (χ3v) is 8.71. The smallest absolute Gasteiger partial charge is 0.175 e. The van der Waals surface area contributed by atoms with Crippen molar-refractivity contribution in [3.8, 4) is 5.75 Å². The number of benzene rings is 2. The number of rotatable bonds is 11. The van der Waals surface area contributed by atoms with Crippen LogP contribution in [0.5, 0.6) is 5.75 Å². The van der Waals surface area contributed by atoms with Gasteiger partial charge in [0.1, 0.15) is 18.9 Å². The molecule has 6 heteroatoms. The van der Waals surface area contributed by atoms with Gasteiger partial charge in [0.15, 0.2) is 7.29 Å². The first kappa shape index (κ1) is 29.1. The first-order chi connectivity index (χ1) is 13.3. The molecule has 1 unspecified atom stereocenters. The van der Waals surface area contributed by atoms with Crippen LogP contribution in [0.1, 0.15) is 26.8 Å². The molecule has 0 aromatic heterocycles. The van der Waals surface area contributed by atoms with E-state index in [0.29, 0.717) is 6.61 Å². The van der Waals surface area contributed by atoms with Crippen LogP contribution in [0.25, 0.3) is 0 Å². The molecule has 0 radical (unpaired) electrons. The molecule has 0 saturated heterocycles. The van der Waals surface area contributed by atoms with Gasteiger partial charge in [0, 0.05) is 12.0 Å². The molecule has 2 aromatic carbocycles. The van der Waals surface area contributed by atoms with E-state index in [1.54, 1.807) is 0 Å². The van der Waals surface area contributed by atoms with Crippen molar-refractivity contribution in [1.82, 2.24) is 4.67 Å². The first-order valence-electron chi connectivity index (χ1n) is 10.2. The van der Waals surface area contributed by atoms with E-state index in [9.17, 15) is 4.57 Å². The molecule has 0 N–H and O–H groups in total. The van der Waals surface area contributed by atoms with Crippen molar-refractivity contribution in [3.05, 3.63) is 60.2 Å². The fourth-order valence-electron chi connectivity index (χ4n) is 3.48. The van der Waals surface area contributed by atoms with Crippen molar-refractivity contribution in [1.29, 1.82) is 0 Å².